The highest BCUT2D eigenvalue weighted by molar-refractivity contribution is 5.73. The van der Waals surface area contributed by atoms with E-state index in [1.54, 1.807) is 12.1 Å². The molecule has 0 spiro atoms. The van der Waals surface area contributed by atoms with Gasteiger partial charge in [-0.05, 0) is 48.1 Å². The minimum Gasteiger partial charge on any atom is -0.390 e. The van der Waals surface area contributed by atoms with Crippen LogP contribution in [-0.4, -0.2) is 29.7 Å². The van der Waals surface area contributed by atoms with Gasteiger partial charge in [-0.3, -0.25) is 4.79 Å². The van der Waals surface area contributed by atoms with Crippen molar-refractivity contribution in [2.45, 2.75) is 52.3 Å². The Morgan fingerprint density at radius 3 is 2.27 bits per heavy atom. The van der Waals surface area contributed by atoms with Crippen molar-refractivity contribution in [3.8, 4) is 0 Å². The Hall–Kier alpha value is -2.38. The maximum atomic E-state index is 14.1. The Bertz CT molecular complexity index is 838. The molecule has 0 aliphatic heterocycles. The molecule has 1 amide bonds. The van der Waals surface area contributed by atoms with E-state index in [0.717, 1.165) is 30.2 Å². The molecular formula is C23H29F3N2O2. The second kappa shape index (κ2) is 11.1. The van der Waals surface area contributed by atoms with Crippen molar-refractivity contribution in [3.05, 3.63) is 70.5 Å². The highest BCUT2D eigenvalue weighted by Crippen LogP contribution is 2.15. The SMILES string of the molecule is CC(=O)NC(Cc1cc(F)cc(F)c1)C(O)CNCc1cc(CC(C)C)ccc1F. The van der Waals surface area contributed by atoms with Gasteiger partial charge in [0.2, 0.25) is 5.91 Å². The second-order valence-corrected chi connectivity index (χ2v) is 8.01. The fourth-order valence-corrected chi connectivity index (χ4v) is 3.39. The van der Waals surface area contributed by atoms with Crippen LogP contribution in [-0.2, 0) is 24.2 Å². The maximum Gasteiger partial charge on any atom is 0.217 e. The fourth-order valence-electron chi connectivity index (χ4n) is 3.39. The summed E-state index contributed by atoms with van der Waals surface area (Å²) in [6.45, 7) is 5.75. The highest BCUT2D eigenvalue weighted by Gasteiger charge is 2.21. The lowest BCUT2D eigenvalue weighted by Gasteiger charge is -2.24. The van der Waals surface area contributed by atoms with Gasteiger partial charge < -0.3 is 15.7 Å². The van der Waals surface area contributed by atoms with Crippen molar-refractivity contribution in [1.29, 1.82) is 0 Å². The van der Waals surface area contributed by atoms with E-state index in [9.17, 15) is 23.1 Å². The van der Waals surface area contributed by atoms with E-state index in [4.69, 9.17) is 0 Å². The zero-order chi connectivity index (χ0) is 22.3. The van der Waals surface area contributed by atoms with Crippen LogP contribution in [0.1, 0.15) is 37.5 Å². The molecular weight excluding hydrogens is 393 g/mol. The molecule has 0 radical (unpaired) electrons. The summed E-state index contributed by atoms with van der Waals surface area (Å²) >= 11 is 0. The van der Waals surface area contributed by atoms with E-state index in [0.29, 0.717) is 17.0 Å². The third-order valence-corrected chi connectivity index (χ3v) is 4.65. The number of carbonyl (C=O) groups is 1. The average Bonchev–Trinajstić information content (AvgIpc) is 2.62. The molecule has 2 aromatic rings. The van der Waals surface area contributed by atoms with Crippen LogP contribution in [0.5, 0.6) is 0 Å². The Kier molecular flexibility index (Phi) is 8.87. The summed E-state index contributed by atoms with van der Waals surface area (Å²) in [5.74, 6) is -1.71. The number of aliphatic hydroxyl groups excluding tert-OH is 1. The van der Waals surface area contributed by atoms with Crippen LogP contribution in [0.25, 0.3) is 0 Å². The number of hydrogen-bond acceptors (Lipinski definition) is 3. The summed E-state index contributed by atoms with van der Waals surface area (Å²) in [4.78, 5) is 11.5. The van der Waals surface area contributed by atoms with Crippen molar-refractivity contribution < 1.29 is 23.1 Å². The number of hydrogen-bond donors (Lipinski definition) is 3. The molecule has 2 rings (SSSR count). The monoisotopic (exact) mass is 422 g/mol. The number of amides is 1. The van der Waals surface area contributed by atoms with Crippen molar-refractivity contribution in [3.63, 3.8) is 0 Å². The standard InChI is InChI=1S/C23H29F3N2O2/c1-14(2)6-16-4-5-21(26)18(7-16)12-27-13-23(30)22(28-15(3)29)10-17-8-19(24)11-20(25)9-17/h4-5,7-9,11,14,22-23,27,30H,6,10,12-13H2,1-3H3,(H,28,29). The van der Waals surface area contributed by atoms with Crippen LogP contribution in [0.3, 0.4) is 0 Å². The summed E-state index contributed by atoms with van der Waals surface area (Å²) in [5.41, 5.74) is 1.84. The molecule has 0 aromatic heterocycles. The Labute approximate surface area is 175 Å². The van der Waals surface area contributed by atoms with E-state index < -0.39 is 23.8 Å². The van der Waals surface area contributed by atoms with Gasteiger partial charge in [-0.1, -0.05) is 26.0 Å². The molecule has 0 heterocycles. The Balaban J connectivity index is 2.00. The molecule has 0 bridgehead atoms. The van der Waals surface area contributed by atoms with Crippen LogP contribution in [0.4, 0.5) is 13.2 Å². The third kappa shape index (κ3) is 7.80. The minimum absolute atomic E-state index is 0.0509. The van der Waals surface area contributed by atoms with Gasteiger partial charge in [0, 0.05) is 31.6 Å². The summed E-state index contributed by atoms with van der Waals surface area (Å²) < 4.78 is 41.0. The highest BCUT2D eigenvalue weighted by atomic mass is 19.1. The normalized spacial score (nSPS) is 13.3. The molecule has 7 heteroatoms. The zero-order valence-electron chi connectivity index (χ0n) is 17.5. The third-order valence-electron chi connectivity index (χ3n) is 4.65. The van der Waals surface area contributed by atoms with E-state index >= 15 is 0 Å². The van der Waals surface area contributed by atoms with Gasteiger partial charge in [0.15, 0.2) is 0 Å². The number of rotatable bonds is 10. The van der Waals surface area contributed by atoms with E-state index in [-0.39, 0.29) is 31.2 Å². The molecule has 2 aromatic carbocycles. The number of halogens is 3. The summed E-state index contributed by atoms with van der Waals surface area (Å²) in [5, 5.41) is 16.1. The Morgan fingerprint density at radius 1 is 1.00 bits per heavy atom. The number of carbonyl (C=O) groups excluding carboxylic acids is 1. The molecule has 0 saturated heterocycles. The smallest absolute Gasteiger partial charge is 0.217 e. The number of aliphatic hydroxyl groups is 1. The Morgan fingerprint density at radius 2 is 1.67 bits per heavy atom. The van der Waals surface area contributed by atoms with Gasteiger partial charge in [0.1, 0.15) is 17.5 Å². The van der Waals surface area contributed by atoms with Gasteiger partial charge in [-0.2, -0.15) is 0 Å². The average molecular weight is 422 g/mol. The quantitative estimate of drug-likeness (QED) is 0.549. The molecule has 0 saturated carbocycles. The summed E-state index contributed by atoms with van der Waals surface area (Å²) in [7, 11) is 0. The first-order valence-electron chi connectivity index (χ1n) is 10.0. The lowest BCUT2D eigenvalue weighted by Crippen LogP contribution is -2.48. The molecule has 2 atom stereocenters. The second-order valence-electron chi connectivity index (χ2n) is 8.01. The largest absolute Gasteiger partial charge is 0.390 e. The van der Waals surface area contributed by atoms with Crippen molar-refractivity contribution in [1.82, 2.24) is 10.6 Å². The fraction of sp³-hybridized carbons (Fsp3) is 0.435. The molecule has 0 aliphatic carbocycles. The van der Waals surface area contributed by atoms with E-state index in [2.05, 4.69) is 24.5 Å². The van der Waals surface area contributed by atoms with Crippen LogP contribution < -0.4 is 10.6 Å². The summed E-state index contributed by atoms with van der Waals surface area (Å²) in [6.07, 6.45) is -0.151. The predicted molar refractivity (Wildman–Crippen MR) is 110 cm³/mol. The first kappa shape index (κ1) is 23.9. The number of nitrogens with one attached hydrogen (secondary N) is 2. The van der Waals surface area contributed by atoms with Crippen LogP contribution in [0.2, 0.25) is 0 Å². The van der Waals surface area contributed by atoms with Crippen LogP contribution >= 0.6 is 0 Å². The predicted octanol–water partition coefficient (Wildman–Crippen LogP) is 3.50. The molecule has 4 nitrogen and oxygen atoms in total. The first-order valence-corrected chi connectivity index (χ1v) is 10.0. The van der Waals surface area contributed by atoms with Gasteiger partial charge in [0.25, 0.3) is 0 Å². The molecule has 0 fully saturated rings. The van der Waals surface area contributed by atoms with Crippen LogP contribution in [0.15, 0.2) is 36.4 Å². The molecule has 30 heavy (non-hydrogen) atoms. The van der Waals surface area contributed by atoms with E-state index in [1.807, 2.05) is 0 Å². The lowest BCUT2D eigenvalue weighted by molar-refractivity contribution is -0.120. The van der Waals surface area contributed by atoms with E-state index in [1.165, 1.54) is 13.0 Å². The summed E-state index contributed by atoms with van der Waals surface area (Å²) in [6, 6.07) is 7.32. The first-order chi connectivity index (χ1) is 14.1. The number of benzene rings is 2. The van der Waals surface area contributed by atoms with Crippen molar-refractivity contribution in [2.24, 2.45) is 5.92 Å². The lowest BCUT2D eigenvalue weighted by atomic mass is 10.00. The van der Waals surface area contributed by atoms with Crippen molar-refractivity contribution >= 4 is 5.91 Å². The molecule has 2 unspecified atom stereocenters. The maximum absolute atomic E-state index is 14.1. The molecule has 0 aliphatic rings. The van der Waals surface area contributed by atoms with Gasteiger partial charge in [-0.15, -0.1) is 0 Å². The topological polar surface area (TPSA) is 61.4 Å². The van der Waals surface area contributed by atoms with Crippen molar-refractivity contribution in [2.75, 3.05) is 6.54 Å². The minimum atomic E-state index is -1.04. The van der Waals surface area contributed by atoms with Gasteiger partial charge in [-0.25, -0.2) is 13.2 Å². The molecule has 3 N–H and O–H groups in total. The van der Waals surface area contributed by atoms with Crippen LogP contribution in [0, 0.1) is 23.4 Å². The van der Waals surface area contributed by atoms with Gasteiger partial charge >= 0.3 is 0 Å². The zero-order valence-corrected chi connectivity index (χ0v) is 17.5. The molecule has 164 valence electrons. The van der Waals surface area contributed by atoms with Gasteiger partial charge in [0.05, 0.1) is 12.1 Å².